The molecular weight excluding hydrogens is 465 g/mol. The minimum absolute atomic E-state index is 0. The molecule has 0 radical (unpaired) electrons. The molecule has 3 rings (SSSR count). The highest BCUT2D eigenvalue weighted by Gasteiger charge is 2.24. The molecule has 0 saturated carbocycles. The first kappa shape index (κ1) is 22.9. The van der Waals surface area contributed by atoms with Crippen molar-refractivity contribution in [2.24, 2.45) is 10.9 Å². The molecule has 1 amide bonds. The summed E-state index contributed by atoms with van der Waals surface area (Å²) in [6.45, 7) is 7.58. The van der Waals surface area contributed by atoms with E-state index in [0.29, 0.717) is 13.0 Å². The number of hydrogen-bond acceptors (Lipinski definition) is 3. The van der Waals surface area contributed by atoms with Crippen molar-refractivity contribution in [3.63, 3.8) is 0 Å². The Morgan fingerprint density at radius 1 is 1.25 bits per heavy atom. The van der Waals surface area contributed by atoms with Gasteiger partial charge in [-0.05, 0) is 56.4 Å². The number of hydrogen-bond donors (Lipinski definition) is 3. The fourth-order valence-corrected chi connectivity index (χ4v) is 3.92. The van der Waals surface area contributed by atoms with Gasteiger partial charge in [-0.3, -0.25) is 9.79 Å². The van der Waals surface area contributed by atoms with E-state index in [-0.39, 0.29) is 35.8 Å². The highest BCUT2D eigenvalue weighted by molar-refractivity contribution is 14.0. The van der Waals surface area contributed by atoms with Gasteiger partial charge in [0, 0.05) is 38.2 Å². The highest BCUT2D eigenvalue weighted by Crippen LogP contribution is 2.31. The molecule has 7 heteroatoms. The summed E-state index contributed by atoms with van der Waals surface area (Å²) in [6, 6.07) is 8.04. The first-order valence-corrected chi connectivity index (χ1v) is 10.2. The maximum Gasteiger partial charge on any atom is 0.225 e. The van der Waals surface area contributed by atoms with Crippen molar-refractivity contribution < 1.29 is 4.79 Å². The zero-order valence-electron chi connectivity index (χ0n) is 17.0. The SMILES string of the molecule is CN=C(NCCCN1CCC(C)CC1)NCC1CC(=O)Nc2ccccc21.I. The second kappa shape index (κ2) is 11.6. The summed E-state index contributed by atoms with van der Waals surface area (Å²) in [4.78, 5) is 18.8. The Kier molecular flexibility index (Phi) is 9.50. The van der Waals surface area contributed by atoms with Crippen molar-refractivity contribution in [3.05, 3.63) is 29.8 Å². The second-order valence-corrected chi connectivity index (χ2v) is 7.79. The number of guanidine groups is 1. The maximum absolute atomic E-state index is 11.9. The number of piperidine rings is 1. The number of aliphatic imine (C=N–C) groups is 1. The second-order valence-electron chi connectivity index (χ2n) is 7.79. The Morgan fingerprint density at radius 3 is 2.75 bits per heavy atom. The first-order valence-electron chi connectivity index (χ1n) is 10.2. The van der Waals surface area contributed by atoms with Crippen LogP contribution in [0.15, 0.2) is 29.3 Å². The molecular formula is C21H34IN5O. The molecule has 0 bridgehead atoms. The Morgan fingerprint density at radius 2 is 2.00 bits per heavy atom. The van der Waals surface area contributed by atoms with E-state index >= 15 is 0 Å². The molecule has 2 aliphatic heterocycles. The lowest BCUT2D eigenvalue weighted by molar-refractivity contribution is -0.116. The monoisotopic (exact) mass is 499 g/mol. The number of likely N-dealkylation sites (tertiary alicyclic amines) is 1. The largest absolute Gasteiger partial charge is 0.356 e. The van der Waals surface area contributed by atoms with Crippen molar-refractivity contribution in [3.8, 4) is 0 Å². The molecule has 1 atom stereocenters. The van der Waals surface area contributed by atoms with Gasteiger partial charge in [0.05, 0.1) is 0 Å². The zero-order valence-corrected chi connectivity index (χ0v) is 19.4. The summed E-state index contributed by atoms with van der Waals surface area (Å²) in [5.41, 5.74) is 2.12. The van der Waals surface area contributed by atoms with E-state index in [4.69, 9.17) is 0 Å². The van der Waals surface area contributed by atoms with E-state index in [1.54, 1.807) is 7.05 Å². The van der Waals surface area contributed by atoms with Crippen molar-refractivity contribution in [2.45, 2.75) is 38.5 Å². The number of fused-ring (bicyclic) bond motifs is 1. The number of carbonyl (C=O) groups excluding carboxylic acids is 1. The number of amides is 1. The van der Waals surface area contributed by atoms with Crippen LogP contribution in [0.1, 0.15) is 44.1 Å². The lowest BCUT2D eigenvalue weighted by atomic mass is 9.90. The standard InChI is InChI=1S/C21H33N5O.HI/c1-16-8-12-26(13-9-16)11-5-10-23-21(22-2)24-15-17-14-20(27)25-19-7-4-3-6-18(17)19;/h3-4,6-7,16-17H,5,8-15H2,1-2H3,(H,25,27)(H2,22,23,24);1H. The molecule has 1 aromatic rings. The van der Waals surface area contributed by atoms with Crippen molar-refractivity contribution in [1.82, 2.24) is 15.5 Å². The number of carbonyl (C=O) groups is 1. The van der Waals surface area contributed by atoms with Crippen LogP contribution in [-0.2, 0) is 4.79 Å². The highest BCUT2D eigenvalue weighted by atomic mass is 127. The van der Waals surface area contributed by atoms with Gasteiger partial charge in [-0.1, -0.05) is 25.1 Å². The predicted molar refractivity (Wildman–Crippen MR) is 127 cm³/mol. The number of halogens is 1. The normalized spacial score (nSPS) is 20.7. The van der Waals surface area contributed by atoms with Gasteiger partial charge in [0.1, 0.15) is 0 Å². The van der Waals surface area contributed by atoms with Crippen LogP contribution in [0.2, 0.25) is 0 Å². The Labute approximate surface area is 186 Å². The van der Waals surface area contributed by atoms with Crippen LogP contribution in [0.4, 0.5) is 5.69 Å². The number of anilines is 1. The maximum atomic E-state index is 11.9. The average molecular weight is 499 g/mol. The third kappa shape index (κ3) is 6.62. The number of benzene rings is 1. The van der Waals surface area contributed by atoms with Crippen molar-refractivity contribution in [1.29, 1.82) is 0 Å². The van der Waals surface area contributed by atoms with Gasteiger partial charge in [-0.2, -0.15) is 0 Å². The average Bonchev–Trinajstić information content (AvgIpc) is 2.68. The van der Waals surface area contributed by atoms with Gasteiger partial charge in [-0.25, -0.2) is 0 Å². The molecule has 0 aliphatic carbocycles. The summed E-state index contributed by atoms with van der Waals surface area (Å²) in [5.74, 6) is 1.95. The van der Waals surface area contributed by atoms with Crippen LogP contribution >= 0.6 is 24.0 Å². The van der Waals surface area contributed by atoms with Crippen molar-refractivity contribution in [2.75, 3.05) is 45.1 Å². The summed E-state index contributed by atoms with van der Waals surface area (Å²) < 4.78 is 0. The smallest absolute Gasteiger partial charge is 0.225 e. The van der Waals surface area contributed by atoms with E-state index in [9.17, 15) is 4.79 Å². The summed E-state index contributed by atoms with van der Waals surface area (Å²) >= 11 is 0. The van der Waals surface area contributed by atoms with E-state index in [1.165, 1.54) is 31.5 Å². The van der Waals surface area contributed by atoms with E-state index in [2.05, 4.69) is 38.8 Å². The molecule has 1 saturated heterocycles. The van der Waals surface area contributed by atoms with E-state index in [0.717, 1.165) is 37.1 Å². The summed E-state index contributed by atoms with van der Waals surface area (Å²) in [5, 5.41) is 9.74. The minimum Gasteiger partial charge on any atom is -0.356 e. The third-order valence-corrected chi connectivity index (χ3v) is 5.67. The van der Waals surface area contributed by atoms with Crippen LogP contribution in [0.5, 0.6) is 0 Å². The quantitative estimate of drug-likeness (QED) is 0.244. The topological polar surface area (TPSA) is 68.8 Å². The van der Waals surface area contributed by atoms with Gasteiger partial charge in [-0.15, -0.1) is 24.0 Å². The number of nitrogens with one attached hydrogen (secondary N) is 3. The lowest BCUT2D eigenvalue weighted by Crippen LogP contribution is -2.42. The van der Waals surface area contributed by atoms with Gasteiger partial charge in [0.2, 0.25) is 5.91 Å². The van der Waals surface area contributed by atoms with Crippen LogP contribution in [0.25, 0.3) is 0 Å². The third-order valence-electron chi connectivity index (χ3n) is 5.67. The van der Waals surface area contributed by atoms with Crippen LogP contribution in [0.3, 0.4) is 0 Å². The van der Waals surface area contributed by atoms with Crippen LogP contribution < -0.4 is 16.0 Å². The van der Waals surface area contributed by atoms with Gasteiger partial charge in [0.15, 0.2) is 5.96 Å². The van der Waals surface area contributed by atoms with E-state index in [1.807, 2.05) is 18.2 Å². The number of para-hydroxylation sites is 1. The molecule has 156 valence electrons. The molecule has 1 fully saturated rings. The number of nitrogens with zero attached hydrogens (tertiary/aromatic N) is 2. The van der Waals surface area contributed by atoms with Gasteiger partial charge >= 0.3 is 0 Å². The fraction of sp³-hybridized carbons (Fsp3) is 0.619. The molecule has 6 nitrogen and oxygen atoms in total. The molecule has 2 aliphatic rings. The fourth-order valence-electron chi connectivity index (χ4n) is 3.92. The molecule has 1 unspecified atom stereocenters. The molecule has 3 N–H and O–H groups in total. The molecule has 1 aromatic carbocycles. The zero-order chi connectivity index (χ0) is 19.1. The van der Waals surface area contributed by atoms with Crippen LogP contribution in [0, 0.1) is 5.92 Å². The Bertz CT molecular complexity index is 658. The molecule has 2 heterocycles. The first-order chi connectivity index (χ1) is 13.2. The summed E-state index contributed by atoms with van der Waals surface area (Å²) in [6.07, 6.45) is 4.28. The van der Waals surface area contributed by atoms with Crippen molar-refractivity contribution >= 4 is 41.5 Å². The molecule has 0 aromatic heterocycles. The lowest BCUT2D eigenvalue weighted by Gasteiger charge is -2.30. The summed E-state index contributed by atoms with van der Waals surface area (Å²) in [7, 11) is 1.79. The molecule has 0 spiro atoms. The molecule has 28 heavy (non-hydrogen) atoms. The van der Waals surface area contributed by atoms with Gasteiger partial charge < -0.3 is 20.9 Å². The number of rotatable bonds is 6. The van der Waals surface area contributed by atoms with E-state index < -0.39 is 0 Å². The predicted octanol–water partition coefficient (Wildman–Crippen LogP) is 3.02. The Hall–Kier alpha value is -1.35. The minimum atomic E-state index is 0. The van der Waals surface area contributed by atoms with Crippen LogP contribution in [-0.4, -0.2) is 56.5 Å². The Balaban J connectivity index is 0.00000280. The van der Waals surface area contributed by atoms with Gasteiger partial charge in [0.25, 0.3) is 0 Å².